The highest BCUT2D eigenvalue weighted by molar-refractivity contribution is 6.31. The molecule has 1 amide bonds. The fourth-order valence-corrected chi connectivity index (χ4v) is 2.47. The van der Waals surface area contributed by atoms with Gasteiger partial charge in [-0.3, -0.25) is 4.79 Å². The van der Waals surface area contributed by atoms with Gasteiger partial charge in [0.05, 0.1) is 0 Å². The summed E-state index contributed by atoms with van der Waals surface area (Å²) in [5.41, 5.74) is 1.97. The third kappa shape index (κ3) is 2.63. The van der Waals surface area contributed by atoms with Crippen molar-refractivity contribution in [2.75, 3.05) is 6.61 Å². The van der Waals surface area contributed by atoms with Crippen LogP contribution in [-0.2, 0) is 17.9 Å². The maximum absolute atomic E-state index is 12.2. The summed E-state index contributed by atoms with van der Waals surface area (Å²) in [6, 6.07) is 15.3. The average molecular weight is 288 g/mol. The van der Waals surface area contributed by atoms with E-state index in [1.54, 1.807) is 4.90 Å². The van der Waals surface area contributed by atoms with Crippen molar-refractivity contribution in [2.45, 2.75) is 13.1 Å². The highest BCUT2D eigenvalue weighted by Crippen LogP contribution is 2.25. The summed E-state index contributed by atoms with van der Waals surface area (Å²) in [5, 5.41) is 0.679. The van der Waals surface area contributed by atoms with Crippen molar-refractivity contribution in [3.05, 3.63) is 64.7 Å². The molecule has 3 rings (SSSR count). The van der Waals surface area contributed by atoms with E-state index in [0.717, 1.165) is 16.9 Å². The van der Waals surface area contributed by atoms with Crippen molar-refractivity contribution < 1.29 is 9.53 Å². The van der Waals surface area contributed by atoms with E-state index in [2.05, 4.69) is 0 Å². The quantitative estimate of drug-likeness (QED) is 0.848. The molecule has 0 atom stereocenters. The summed E-state index contributed by atoms with van der Waals surface area (Å²) in [6.07, 6.45) is 0. The molecule has 0 saturated carbocycles. The zero-order chi connectivity index (χ0) is 13.9. The largest absolute Gasteiger partial charge is 0.483 e. The number of carbonyl (C=O) groups excluding carboxylic acids is 1. The molecule has 0 spiro atoms. The number of benzene rings is 2. The van der Waals surface area contributed by atoms with Crippen LogP contribution in [0.5, 0.6) is 5.75 Å². The van der Waals surface area contributed by atoms with Crippen molar-refractivity contribution in [1.29, 1.82) is 0 Å². The van der Waals surface area contributed by atoms with Gasteiger partial charge in [-0.25, -0.2) is 0 Å². The minimum absolute atomic E-state index is 0.0267. The highest BCUT2D eigenvalue weighted by Gasteiger charge is 2.21. The Morgan fingerprint density at radius 1 is 1.10 bits per heavy atom. The second kappa shape index (κ2) is 5.55. The van der Waals surface area contributed by atoms with Gasteiger partial charge < -0.3 is 9.64 Å². The van der Waals surface area contributed by atoms with E-state index >= 15 is 0 Å². The Kier molecular flexibility index (Phi) is 3.61. The number of para-hydroxylation sites is 1. The number of ether oxygens (including phenoxy) is 1. The smallest absolute Gasteiger partial charge is 0.261 e. The van der Waals surface area contributed by atoms with Gasteiger partial charge in [0.2, 0.25) is 0 Å². The van der Waals surface area contributed by atoms with Crippen LogP contribution in [0.1, 0.15) is 11.1 Å². The van der Waals surface area contributed by atoms with Gasteiger partial charge in [-0.2, -0.15) is 0 Å². The van der Waals surface area contributed by atoms with Gasteiger partial charge in [0.25, 0.3) is 5.91 Å². The maximum atomic E-state index is 12.2. The Balaban J connectivity index is 1.86. The summed E-state index contributed by atoms with van der Waals surface area (Å²) in [4.78, 5) is 13.9. The molecule has 2 aromatic carbocycles. The number of carbonyl (C=O) groups is 1. The molecular formula is C16H14ClNO2. The number of amides is 1. The van der Waals surface area contributed by atoms with Gasteiger partial charge >= 0.3 is 0 Å². The Bertz CT molecular complexity index is 642. The molecule has 0 aliphatic carbocycles. The first-order chi connectivity index (χ1) is 9.74. The van der Waals surface area contributed by atoms with E-state index in [1.807, 2.05) is 48.5 Å². The van der Waals surface area contributed by atoms with Crippen LogP contribution >= 0.6 is 11.6 Å². The predicted octanol–water partition coefficient (Wildman–Crippen LogP) is 3.26. The SMILES string of the molecule is O=C1COc2ccccc2CN1Cc1ccccc1Cl. The van der Waals surface area contributed by atoms with E-state index < -0.39 is 0 Å². The van der Waals surface area contributed by atoms with Crippen LogP contribution in [0.4, 0.5) is 0 Å². The van der Waals surface area contributed by atoms with Crippen LogP contribution in [0.25, 0.3) is 0 Å². The van der Waals surface area contributed by atoms with Crippen molar-refractivity contribution in [2.24, 2.45) is 0 Å². The molecule has 1 aliphatic heterocycles. The van der Waals surface area contributed by atoms with Gasteiger partial charge in [-0.1, -0.05) is 48.0 Å². The topological polar surface area (TPSA) is 29.5 Å². The van der Waals surface area contributed by atoms with Crippen molar-refractivity contribution in [3.8, 4) is 5.75 Å². The van der Waals surface area contributed by atoms with Gasteiger partial charge in [-0.15, -0.1) is 0 Å². The van der Waals surface area contributed by atoms with Crippen molar-refractivity contribution in [1.82, 2.24) is 4.90 Å². The van der Waals surface area contributed by atoms with Gasteiger partial charge in [0, 0.05) is 23.7 Å². The number of rotatable bonds is 2. The molecule has 0 radical (unpaired) electrons. The third-order valence-electron chi connectivity index (χ3n) is 3.36. The van der Waals surface area contributed by atoms with Gasteiger partial charge in [0.15, 0.2) is 6.61 Å². The number of hydrogen-bond acceptors (Lipinski definition) is 2. The summed E-state index contributed by atoms with van der Waals surface area (Å²) in [7, 11) is 0. The van der Waals surface area contributed by atoms with E-state index in [9.17, 15) is 4.79 Å². The zero-order valence-electron chi connectivity index (χ0n) is 10.9. The fraction of sp³-hybridized carbons (Fsp3) is 0.188. The van der Waals surface area contributed by atoms with Gasteiger partial charge in [-0.05, 0) is 17.7 Å². The standard InChI is InChI=1S/C16H14ClNO2/c17-14-7-3-1-5-12(14)9-18-10-13-6-2-4-8-15(13)20-11-16(18)19/h1-8H,9-11H2. The molecule has 3 nitrogen and oxygen atoms in total. The fourth-order valence-electron chi connectivity index (χ4n) is 2.28. The van der Waals surface area contributed by atoms with E-state index in [4.69, 9.17) is 16.3 Å². The van der Waals surface area contributed by atoms with Gasteiger partial charge in [0.1, 0.15) is 5.75 Å². The molecule has 2 aromatic rings. The molecular weight excluding hydrogens is 274 g/mol. The molecule has 1 heterocycles. The second-order valence-corrected chi connectivity index (χ2v) is 5.14. The van der Waals surface area contributed by atoms with Crippen molar-refractivity contribution in [3.63, 3.8) is 0 Å². The number of nitrogens with zero attached hydrogens (tertiary/aromatic N) is 1. The van der Waals surface area contributed by atoms with Crippen LogP contribution < -0.4 is 4.74 Å². The number of hydrogen-bond donors (Lipinski definition) is 0. The predicted molar refractivity (Wildman–Crippen MR) is 77.6 cm³/mol. The normalized spacial score (nSPS) is 14.4. The molecule has 102 valence electrons. The van der Waals surface area contributed by atoms with Crippen LogP contribution in [0.2, 0.25) is 5.02 Å². The lowest BCUT2D eigenvalue weighted by Gasteiger charge is -2.20. The maximum Gasteiger partial charge on any atom is 0.261 e. The molecule has 0 bridgehead atoms. The molecule has 0 fully saturated rings. The highest BCUT2D eigenvalue weighted by atomic mass is 35.5. The summed E-state index contributed by atoms with van der Waals surface area (Å²) in [6.45, 7) is 1.11. The summed E-state index contributed by atoms with van der Waals surface area (Å²) < 4.78 is 5.53. The lowest BCUT2D eigenvalue weighted by atomic mass is 10.1. The second-order valence-electron chi connectivity index (χ2n) is 4.74. The summed E-state index contributed by atoms with van der Waals surface area (Å²) in [5.74, 6) is 0.753. The average Bonchev–Trinajstić information content (AvgIpc) is 2.62. The zero-order valence-corrected chi connectivity index (χ0v) is 11.6. The molecule has 0 saturated heterocycles. The molecule has 1 aliphatic rings. The first-order valence-corrected chi connectivity index (χ1v) is 6.84. The van der Waals surface area contributed by atoms with Crippen LogP contribution in [0.3, 0.4) is 0 Å². The first kappa shape index (κ1) is 13.0. The number of fused-ring (bicyclic) bond motifs is 1. The molecule has 4 heteroatoms. The minimum atomic E-state index is -0.0267. The number of halogens is 1. The lowest BCUT2D eigenvalue weighted by Crippen LogP contribution is -2.31. The Labute approximate surface area is 122 Å². The Morgan fingerprint density at radius 3 is 2.70 bits per heavy atom. The Morgan fingerprint density at radius 2 is 1.85 bits per heavy atom. The van der Waals surface area contributed by atoms with Crippen LogP contribution in [0.15, 0.2) is 48.5 Å². The molecule has 0 aromatic heterocycles. The minimum Gasteiger partial charge on any atom is -0.483 e. The van der Waals surface area contributed by atoms with Crippen LogP contribution in [-0.4, -0.2) is 17.4 Å². The van der Waals surface area contributed by atoms with Crippen molar-refractivity contribution >= 4 is 17.5 Å². The van der Waals surface area contributed by atoms with E-state index in [-0.39, 0.29) is 12.5 Å². The summed E-state index contributed by atoms with van der Waals surface area (Å²) >= 11 is 6.16. The molecule has 0 N–H and O–H groups in total. The van der Waals surface area contributed by atoms with Crippen LogP contribution in [0, 0.1) is 0 Å². The van der Waals surface area contributed by atoms with E-state index in [1.165, 1.54) is 0 Å². The third-order valence-corrected chi connectivity index (χ3v) is 3.73. The Hall–Kier alpha value is -2.00. The monoisotopic (exact) mass is 287 g/mol. The molecule has 20 heavy (non-hydrogen) atoms. The lowest BCUT2D eigenvalue weighted by molar-refractivity contribution is -0.133. The van der Waals surface area contributed by atoms with E-state index in [0.29, 0.717) is 18.1 Å². The first-order valence-electron chi connectivity index (χ1n) is 6.46. The molecule has 0 unspecified atom stereocenters.